The van der Waals surface area contributed by atoms with Gasteiger partial charge in [-0.1, -0.05) is 35.4 Å². The molecule has 0 bridgehead atoms. The van der Waals surface area contributed by atoms with Crippen LogP contribution in [0.4, 0.5) is 0 Å². The molecule has 0 unspecified atom stereocenters. The molecule has 0 atom stereocenters. The van der Waals surface area contributed by atoms with E-state index in [4.69, 9.17) is 21.1 Å². The second kappa shape index (κ2) is 10.5. The van der Waals surface area contributed by atoms with Crippen molar-refractivity contribution < 1.29 is 23.8 Å². The van der Waals surface area contributed by atoms with Crippen molar-refractivity contribution in [1.82, 2.24) is 5.43 Å². The fraction of sp³-hybridized carbons (Fsp3) is 0.286. The molecular weight excluding hydrogens is 396 g/mol. The number of ether oxygens (including phenoxy) is 3. The minimum atomic E-state index is -0.541. The van der Waals surface area contributed by atoms with Crippen LogP contribution < -0.4 is 14.9 Å². The molecule has 0 saturated heterocycles. The molecular formula is C21H23ClN2O5. The average Bonchev–Trinajstić information content (AvgIpc) is 2.68. The molecule has 0 saturated carbocycles. The lowest BCUT2D eigenvalue weighted by Crippen LogP contribution is -2.20. The first-order chi connectivity index (χ1) is 13.8. The number of amides is 1. The minimum absolute atomic E-state index is 0.218. The molecule has 0 fully saturated rings. The molecule has 2 aromatic rings. The molecule has 0 heterocycles. The van der Waals surface area contributed by atoms with Gasteiger partial charge in [0.25, 0.3) is 0 Å². The molecule has 7 nitrogen and oxygen atoms in total. The van der Waals surface area contributed by atoms with Crippen molar-refractivity contribution in [3.8, 4) is 11.5 Å². The van der Waals surface area contributed by atoms with Crippen LogP contribution in [0.15, 0.2) is 35.4 Å². The summed E-state index contributed by atoms with van der Waals surface area (Å²) >= 11 is 6.21. The summed E-state index contributed by atoms with van der Waals surface area (Å²) in [4.78, 5) is 23.4. The van der Waals surface area contributed by atoms with Crippen LogP contribution in [0.5, 0.6) is 11.5 Å². The lowest BCUT2D eigenvalue weighted by Gasteiger charge is -2.12. The van der Waals surface area contributed by atoms with Crippen LogP contribution in [-0.4, -0.2) is 38.9 Å². The van der Waals surface area contributed by atoms with E-state index >= 15 is 0 Å². The van der Waals surface area contributed by atoms with Gasteiger partial charge in [-0.2, -0.15) is 5.10 Å². The lowest BCUT2D eigenvalue weighted by molar-refractivity contribution is -0.142. The number of methoxy groups -OCH3 is 2. The van der Waals surface area contributed by atoms with Crippen molar-refractivity contribution >= 4 is 29.7 Å². The maximum absolute atomic E-state index is 12.1. The smallest absolute Gasteiger partial charge is 0.343 e. The molecule has 154 valence electrons. The quantitative estimate of drug-likeness (QED) is 0.404. The number of nitrogens with one attached hydrogen (secondary N) is 1. The Morgan fingerprint density at radius 2 is 1.93 bits per heavy atom. The van der Waals surface area contributed by atoms with E-state index in [0.29, 0.717) is 11.3 Å². The molecule has 0 aromatic heterocycles. The summed E-state index contributed by atoms with van der Waals surface area (Å²) in [6, 6.07) is 9.14. The minimum Gasteiger partial charge on any atom is -0.493 e. The molecule has 0 radical (unpaired) electrons. The van der Waals surface area contributed by atoms with Crippen LogP contribution in [0, 0.1) is 13.8 Å². The Morgan fingerprint density at radius 3 is 2.59 bits per heavy atom. The number of hydrazone groups is 1. The third-order valence-electron chi connectivity index (χ3n) is 4.07. The number of hydrogen-bond donors (Lipinski definition) is 1. The molecule has 8 heteroatoms. The number of halogens is 1. The zero-order chi connectivity index (χ0) is 21.4. The summed E-state index contributed by atoms with van der Waals surface area (Å²) < 4.78 is 15.1. The lowest BCUT2D eigenvalue weighted by atomic mass is 10.0. The molecule has 29 heavy (non-hydrogen) atoms. The molecule has 0 aliphatic heterocycles. The number of aryl methyl sites for hydroxylation is 2. The largest absolute Gasteiger partial charge is 0.493 e. The van der Waals surface area contributed by atoms with Gasteiger partial charge in [-0.3, -0.25) is 4.79 Å². The number of carbonyl (C=O) groups excluding carboxylic acids is 2. The van der Waals surface area contributed by atoms with Gasteiger partial charge >= 0.3 is 5.97 Å². The van der Waals surface area contributed by atoms with Gasteiger partial charge in [0.1, 0.15) is 0 Å². The van der Waals surface area contributed by atoms with Crippen molar-refractivity contribution in [1.29, 1.82) is 0 Å². The molecule has 0 aliphatic rings. The highest BCUT2D eigenvalue weighted by Gasteiger charge is 2.13. The Hall–Kier alpha value is -3.06. The van der Waals surface area contributed by atoms with Crippen molar-refractivity contribution in [3.05, 3.63) is 57.6 Å². The maximum Gasteiger partial charge on any atom is 0.343 e. The second-order valence-electron chi connectivity index (χ2n) is 6.30. The van der Waals surface area contributed by atoms with Gasteiger partial charge in [0.2, 0.25) is 5.91 Å². The SMILES string of the molecule is COC(=O)COc1c(Cl)cc(/C=N/NC(=O)Cc2ccc(C)cc2C)cc1OC. The summed E-state index contributed by atoms with van der Waals surface area (Å²) in [6.07, 6.45) is 1.67. The van der Waals surface area contributed by atoms with Gasteiger partial charge in [-0.15, -0.1) is 0 Å². The molecule has 1 N–H and O–H groups in total. The number of benzene rings is 2. The Balaban J connectivity index is 2.03. The van der Waals surface area contributed by atoms with E-state index in [0.717, 1.165) is 16.7 Å². The zero-order valence-electron chi connectivity index (χ0n) is 16.7. The van der Waals surface area contributed by atoms with E-state index in [1.54, 1.807) is 12.1 Å². The summed E-state index contributed by atoms with van der Waals surface area (Å²) in [5, 5.41) is 4.20. The van der Waals surface area contributed by atoms with Crippen molar-refractivity contribution in [3.63, 3.8) is 0 Å². The van der Waals surface area contributed by atoms with Crippen molar-refractivity contribution in [2.24, 2.45) is 5.10 Å². The predicted molar refractivity (Wildman–Crippen MR) is 111 cm³/mol. The standard InChI is InChI=1S/C21H23ClN2O5/c1-13-5-6-16(14(2)7-13)10-19(25)24-23-11-15-8-17(22)21(18(9-15)27-3)29-12-20(26)28-4/h5-9,11H,10,12H2,1-4H3,(H,24,25)/b23-11+. The third-order valence-corrected chi connectivity index (χ3v) is 4.35. The summed E-state index contributed by atoms with van der Waals surface area (Å²) in [5.74, 6) is -0.232. The van der Waals surface area contributed by atoms with E-state index in [1.165, 1.54) is 20.4 Å². The number of nitrogens with zero attached hydrogens (tertiary/aromatic N) is 1. The first kappa shape index (κ1) is 22.2. The molecule has 2 aromatic carbocycles. The van der Waals surface area contributed by atoms with Crippen LogP contribution in [0.3, 0.4) is 0 Å². The van der Waals surface area contributed by atoms with Gasteiger partial charge in [0.15, 0.2) is 18.1 Å². The van der Waals surface area contributed by atoms with Crippen LogP contribution in [0.2, 0.25) is 5.02 Å². The first-order valence-electron chi connectivity index (χ1n) is 8.79. The fourth-order valence-corrected chi connectivity index (χ4v) is 2.85. The van der Waals surface area contributed by atoms with Crippen LogP contribution in [0.1, 0.15) is 22.3 Å². The molecule has 0 aliphatic carbocycles. The number of esters is 1. The monoisotopic (exact) mass is 418 g/mol. The van der Waals surface area contributed by atoms with E-state index in [1.807, 2.05) is 32.0 Å². The van der Waals surface area contributed by atoms with Gasteiger partial charge in [-0.25, -0.2) is 10.2 Å². The van der Waals surface area contributed by atoms with E-state index < -0.39 is 5.97 Å². The Kier molecular flexibility index (Phi) is 8.03. The van der Waals surface area contributed by atoms with E-state index in [9.17, 15) is 9.59 Å². The summed E-state index contributed by atoms with van der Waals surface area (Å²) in [5.41, 5.74) is 6.23. The third kappa shape index (κ3) is 6.50. The predicted octanol–water partition coefficient (Wildman–Crippen LogP) is 3.21. The normalized spacial score (nSPS) is 10.7. The summed E-state index contributed by atoms with van der Waals surface area (Å²) in [6.45, 7) is 3.68. The molecule has 2 rings (SSSR count). The van der Waals surface area contributed by atoms with Crippen molar-refractivity contribution in [2.45, 2.75) is 20.3 Å². The fourth-order valence-electron chi connectivity index (χ4n) is 2.58. The average molecular weight is 419 g/mol. The second-order valence-corrected chi connectivity index (χ2v) is 6.71. The van der Waals surface area contributed by atoms with Crippen molar-refractivity contribution in [2.75, 3.05) is 20.8 Å². The topological polar surface area (TPSA) is 86.2 Å². The highest BCUT2D eigenvalue weighted by Crippen LogP contribution is 2.36. The number of hydrogen-bond acceptors (Lipinski definition) is 6. The van der Waals surface area contributed by atoms with Crippen LogP contribution >= 0.6 is 11.6 Å². The van der Waals surface area contributed by atoms with Gasteiger partial charge < -0.3 is 14.2 Å². The Bertz CT molecular complexity index is 928. The maximum atomic E-state index is 12.1. The Morgan fingerprint density at radius 1 is 1.17 bits per heavy atom. The van der Waals surface area contributed by atoms with Gasteiger partial charge in [0.05, 0.1) is 31.9 Å². The van der Waals surface area contributed by atoms with Crippen LogP contribution in [-0.2, 0) is 20.7 Å². The molecule has 0 spiro atoms. The highest BCUT2D eigenvalue weighted by molar-refractivity contribution is 6.32. The number of carbonyl (C=O) groups is 2. The van der Waals surface area contributed by atoms with Gasteiger partial charge in [-0.05, 0) is 42.7 Å². The molecule has 1 amide bonds. The summed E-state index contributed by atoms with van der Waals surface area (Å²) in [7, 11) is 2.71. The van der Waals surface area contributed by atoms with Gasteiger partial charge in [0, 0.05) is 0 Å². The highest BCUT2D eigenvalue weighted by atomic mass is 35.5. The first-order valence-corrected chi connectivity index (χ1v) is 9.17. The van der Waals surface area contributed by atoms with E-state index in [2.05, 4.69) is 15.3 Å². The number of rotatable bonds is 8. The zero-order valence-corrected chi connectivity index (χ0v) is 17.5. The van der Waals surface area contributed by atoms with Crippen LogP contribution in [0.25, 0.3) is 0 Å². The Labute approximate surface area is 174 Å². The van der Waals surface area contributed by atoms with E-state index in [-0.39, 0.29) is 29.7 Å².